The summed E-state index contributed by atoms with van der Waals surface area (Å²) in [6.45, 7) is 7.27. The molecule has 1 atom stereocenters. The topological polar surface area (TPSA) is 49.4 Å². The van der Waals surface area contributed by atoms with E-state index in [0.29, 0.717) is 18.7 Å². The molecule has 0 unspecified atom stereocenters. The number of benzene rings is 2. The predicted octanol–water partition coefficient (Wildman–Crippen LogP) is 4.32. The summed E-state index contributed by atoms with van der Waals surface area (Å²) in [5.74, 6) is -0.194. The van der Waals surface area contributed by atoms with E-state index in [2.05, 4.69) is 30.4 Å². The Hall–Kier alpha value is -2.88. The molecule has 1 heterocycles. The van der Waals surface area contributed by atoms with E-state index in [0.717, 1.165) is 12.8 Å². The van der Waals surface area contributed by atoms with E-state index < -0.39 is 6.04 Å². The number of rotatable bonds is 6. The fourth-order valence-electron chi connectivity index (χ4n) is 3.61. The molecule has 0 bridgehead atoms. The summed E-state index contributed by atoms with van der Waals surface area (Å²) in [5.41, 5.74) is 4.26. The normalized spacial score (nSPS) is 15.0. The standard InChI is InChI=1S/C25H30N2O2/c1-4-19-10-12-22(13-11-19)24(28)26-23(18(2)3)25(29)27-16-14-21(15-17-27)20-8-6-5-7-9-20/h5-14,18,23H,4,15-17H2,1-3H3,(H,26,28)/t23-/m1/s1. The van der Waals surface area contributed by atoms with Gasteiger partial charge in [-0.2, -0.15) is 0 Å². The Kier molecular flexibility index (Phi) is 6.86. The SMILES string of the molecule is CCc1ccc(C(=O)N[C@@H](C(=O)N2CC=C(c3ccccc3)CC2)C(C)C)cc1. The van der Waals surface area contributed by atoms with Crippen molar-refractivity contribution in [3.8, 4) is 0 Å². The Balaban J connectivity index is 1.66. The van der Waals surface area contributed by atoms with E-state index in [4.69, 9.17) is 0 Å². The first-order valence-electron chi connectivity index (χ1n) is 10.4. The van der Waals surface area contributed by atoms with Crippen molar-refractivity contribution in [1.82, 2.24) is 10.2 Å². The summed E-state index contributed by atoms with van der Waals surface area (Å²) >= 11 is 0. The van der Waals surface area contributed by atoms with Gasteiger partial charge < -0.3 is 10.2 Å². The van der Waals surface area contributed by atoms with Gasteiger partial charge in [-0.25, -0.2) is 0 Å². The second-order valence-corrected chi connectivity index (χ2v) is 7.88. The minimum Gasteiger partial charge on any atom is -0.340 e. The molecule has 2 aromatic rings. The minimum absolute atomic E-state index is 0.0121. The molecule has 0 aliphatic carbocycles. The maximum atomic E-state index is 13.1. The van der Waals surface area contributed by atoms with Gasteiger partial charge in [-0.1, -0.05) is 69.3 Å². The highest BCUT2D eigenvalue weighted by atomic mass is 16.2. The van der Waals surface area contributed by atoms with Gasteiger partial charge in [0, 0.05) is 18.7 Å². The average Bonchev–Trinajstić information content (AvgIpc) is 2.77. The maximum absolute atomic E-state index is 13.1. The number of aryl methyl sites for hydroxylation is 1. The number of nitrogens with one attached hydrogen (secondary N) is 1. The molecule has 0 radical (unpaired) electrons. The van der Waals surface area contributed by atoms with Gasteiger partial charge in [-0.15, -0.1) is 0 Å². The molecule has 152 valence electrons. The number of nitrogens with zero attached hydrogens (tertiary/aromatic N) is 1. The van der Waals surface area contributed by atoms with Gasteiger partial charge in [0.15, 0.2) is 0 Å². The van der Waals surface area contributed by atoms with Gasteiger partial charge in [-0.3, -0.25) is 9.59 Å². The lowest BCUT2D eigenvalue weighted by Crippen LogP contribution is -2.52. The molecule has 2 aromatic carbocycles. The fraction of sp³-hybridized carbons (Fsp3) is 0.360. The molecule has 1 aliphatic rings. The highest BCUT2D eigenvalue weighted by molar-refractivity contribution is 5.97. The fourth-order valence-corrected chi connectivity index (χ4v) is 3.61. The van der Waals surface area contributed by atoms with E-state index in [1.807, 2.05) is 61.2 Å². The zero-order valence-electron chi connectivity index (χ0n) is 17.5. The zero-order valence-corrected chi connectivity index (χ0v) is 17.5. The number of hydrogen-bond donors (Lipinski definition) is 1. The second kappa shape index (κ2) is 9.55. The summed E-state index contributed by atoms with van der Waals surface area (Å²) in [5, 5.41) is 2.96. The molecule has 0 fully saturated rings. The largest absolute Gasteiger partial charge is 0.340 e. The molecule has 2 amide bonds. The molecule has 3 rings (SSSR count). The van der Waals surface area contributed by atoms with Crippen LogP contribution in [0.4, 0.5) is 0 Å². The van der Waals surface area contributed by atoms with Crippen LogP contribution in [0.5, 0.6) is 0 Å². The molecule has 29 heavy (non-hydrogen) atoms. The van der Waals surface area contributed by atoms with Gasteiger partial charge >= 0.3 is 0 Å². The Morgan fingerprint density at radius 1 is 1.03 bits per heavy atom. The van der Waals surface area contributed by atoms with Crippen LogP contribution < -0.4 is 5.32 Å². The van der Waals surface area contributed by atoms with Gasteiger partial charge in [-0.05, 0) is 47.6 Å². The first-order valence-corrected chi connectivity index (χ1v) is 10.4. The quantitative estimate of drug-likeness (QED) is 0.799. The van der Waals surface area contributed by atoms with Crippen molar-refractivity contribution in [3.63, 3.8) is 0 Å². The first-order chi connectivity index (χ1) is 14.0. The lowest BCUT2D eigenvalue weighted by atomic mass is 9.97. The average molecular weight is 391 g/mol. The van der Waals surface area contributed by atoms with E-state index >= 15 is 0 Å². The van der Waals surface area contributed by atoms with Crippen molar-refractivity contribution in [2.75, 3.05) is 13.1 Å². The number of carbonyl (C=O) groups excluding carboxylic acids is 2. The zero-order chi connectivity index (χ0) is 20.8. The molecule has 0 saturated carbocycles. The molecule has 1 N–H and O–H groups in total. The molecular weight excluding hydrogens is 360 g/mol. The van der Waals surface area contributed by atoms with Crippen LogP contribution in [0.15, 0.2) is 60.7 Å². The van der Waals surface area contributed by atoms with E-state index in [-0.39, 0.29) is 17.7 Å². The molecule has 1 aliphatic heterocycles. The Labute approximate surface area is 173 Å². The van der Waals surface area contributed by atoms with Crippen LogP contribution in [0.25, 0.3) is 5.57 Å². The van der Waals surface area contributed by atoms with E-state index in [9.17, 15) is 9.59 Å². The van der Waals surface area contributed by atoms with Crippen molar-refractivity contribution >= 4 is 17.4 Å². The van der Waals surface area contributed by atoms with Gasteiger partial charge in [0.25, 0.3) is 5.91 Å². The smallest absolute Gasteiger partial charge is 0.251 e. The molecule has 0 spiro atoms. The highest BCUT2D eigenvalue weighted by Crippen LogP contribution is 2.23. The van der Waals surface area contributed by atoms with Crippen molar-refractivity contribution in [1.29, 1.82) is 0 Å². The van der Waals surface area contributed by atoms with Crippen LogP contribution in [0.3, 0.4) is 0 Å². The first kappa shape index (κ1) is 20.8. The van der Waals surface area contributed by atoms with Gasteiger partial charge in [0.1, 0.15) is 6.04 Å². The second-order valence-electron chi connectivity index (χ2n) is 7.88. The van der Waals surface area contributed by atoms with Crippen LogP contribution in [-0.2, 0) is 11.2 Å². The molecular formula is C25H30N2O2. The van der Waals surface area contributed by atoms with Crippen LogP contribution in [0.1, 0.15) is 48.7 Å². The Morgan fingerprint density at radius 3 is 2.28 bits per heavy atom. The Bertz CT molecular complexity index is 869. The third-order valence-electron chi connectivity index (χ3n) is 5.51. The number of hydrogen-bond acceptors (Lipinski definition) is 2. The summed E-state index contributed by atoms with van der Waals surface area (Å²) < 4.78 is 0. The molecule has 0 saturated heterocycles. The summed E-state index contributed by atoms with van der Waals surface area (Å²) in [7, 11) is 0. The summed E-state index contributed by atoms with van der Waals surface area (Å²) in [4.78, 5) is 27.7. The predicted molar refractivity (Wildman–Crippen MR) is 118 cm³/mol. The van der Waals surface area contributed by atoms with Crippen molar-refractivity contribution < 1.29 is 9.59 Å². The molecule has 4 nitrogen and oxygen atoms in total. The molecule has 4 heteroatoms. The number of carbonyl (C=O) groups is 2. The van der Waals surface area contributed by atoms with Crippen LogP contribution in [0.2, 0.25) is 0 Å². The lowest BCUT2D eigenvalue weighted by molar-refractivity contribution is -0.133. The van der Waals surface area contributed by atoms with Crippen LogP contribution >= 0.6 is 0 Å². The third kappa shape index (κ3) is 5.14. The summed E-state index contributed by atoms with van der Waals surface area (Å²) in [6.07, 6.45) is 3.88. The lowest BCUT2D eigenvalue weighted by Gasteiger charge is -2.32. The summed E-state index contributed by atoms with van der Waals surface area (Å²) in [6, 6.07) is 17.3. The van der Waals surface area contributed by atoms with Crippen LogP contribution in [0, 0.1) is 5.92 Å². The van der Waals surface area contributed by atoms with Gasteiger partial charge in [0.05, 0.1) is 0 Å². The Morgan fingerprint density at radius 2 is 1.72 bits per heavy atom. The highest BCUT2D eigenvalue weighted by Gasteiger charge is 2.29. The minimum atomic E-state index is -0.528. The van der Waals surface area contributed by atoms with Gasteiger partial charge in [0.2, 0.25) is 5.91 Å². The van der Waals surface area contributed by atoms with Crippen molar-refractivity contribution in [2.24, 2.45) is 5.92 Å². The van der Waals surface area contributed by atoms with Crippen LogP contribution in [-0.4, -0.2) is 35.8 Å². The third-order valence-corrected chi connectivity index (χ3v) is 5.51. The van der Waals surface area contributed by atoms with E-state index in [1.165, 1.54) is 16.7 Å². The maximum Gasteiger partial charge on any atom is 0.251 e. The van der Waals surface area contributed by atoms with E-state index in [1.54, 1.807) is 0 Å². The van der Waals surface area contributed by atoms with Crippen molar-refractivity contribution in [3.05, 3.63) is 77.4 Å². The number of amides is 2. The monoisotopic (exact) mass is 390 g/mol. The molecule has 0 aromatic heterocycles. The van der Waals surface area contributed by atoms with Crippen molar-refractivity contribution in [2.45, 2.75) is 39.7 Å².